The van der Waals surface area contributed by atoms with Crippen molar-refractivity contribution in [1.82, 2.24) is 4.98 Å². The molecule has 20 heavy (non-hydrogen) atoms. The van der Waals surface area contributed by atoms with Crippen molar-refractivity contribution in [3.8, 4) is 0 Å². The fourth-order valence-electron chi connectivity index (χ4n) is 3.25. The Bertz CT molecular complexity index is 414. The van der Waals surface area contributed by atoms with Crippen LogP contribution in [0.4, 0.5) is 11.4 Å². The van der Waals surface area contributed by atoms with E-state index in [1.165, 1.54) is 43.5 Å². The average Bonchev–Trinajstić information content (AvgIpc) is 2.65. The highest BCUT2D eigenvalue weighted by molar-refractivity contribution is 5.68. The van der Waals surface area contributed by atoms with Crippen molar-refractivity contribution in [2.24, 2.45) is 11.8 Å². The van der Waals surface area contributed by atoms with Crippen molar-refractivity contribution >= 4 is 11.4 Å². The second kappa shape index (κ2) is 6.96. The molecular formula is C17H29N3. The van der Waals surface area contributed by atoms with E-state index in [0.717, 1.165) is 11.8 Å². The molecule has 1 N–H and O–H groups in total. The Morgan fingerprint density at radius 2 is 2.00 bits per heavy atom. The smallest absolute Gasteiger partial charge is 0.0766 e. The summed E-state index contributed by atoms with van der Waals surface area (Å²) in [5.74, 6) is 1.73. The van der Waals surface area contributed by atoms with Crippen molar-refractivity contribution in [2.45, 2.75) is 52.0 Å². The molecule has 0 bridgehead atoms. The summed E-state index contributed by atoms with van der Waals surface area (Å²) in [6, 6.07) is 2.68. The molecule has 112 valence electrons. The number of nitrogens with zero attached hydrogens (tertiary/aromatic N) is 2. The standard InChI is InChI=1S/C17H29N3/c1-13(2)14-6-5-7-15(9-8-14)19-16-12-18-11-10-17(16)20(3)4/h10-15,19H,5-9H2,1-4H3. The molecule has 1 aliphatic carbocycles. The Kier molecular flexibility index (Phi) is 5.27. The van der Waals surface area contributed by atoms with Crippen molar-refractivity contribution in [1.29, 1.82) is 0 Å². The fourth-order valence-corrected chi connectivity index (χ4v) is 3.25. The van der Waals surface area contributed by atoms with Gasteiger partial charge in [-0.15, -0.1) is 0 Å². The van der Waals surface area contributed by atoms with Gasteiger partial charge >= 0.3 is 0 Å². The van der Waals surface area contributed by atoms with E-state index in [0.29, 0.717) is 6.04 Å². The maximum Gasteiger partial charge on any atom is 0.0766 e. The van der Waals surface area contributed by atoms with Crippen LogP contribution in [-0.2, 0) is 0 Å². The van der Waals surface area contributed by atoms with Crippen LogP contribution in [0.15, 0.2) is 18.5 Å². The molecular weight excluding hydrogens is 246 g/mol. The maximum absolute atomic E-state index is 4.27. The van der Waals surface area contributed by atoms with Gasteiger partial charge in [0.2, 0.25) is 0 Å². The quantitative estimate of drug-likeness (QED) is 0.836. The molecule has 1 aromatic heterocycles. The number of nitrogens with one attached hydrogen (secondary N) is 1. The van der Waals surface area contributed by atoms with Crippen LogP contribution >= 0.6 is 0 Å². The Morgan fingerprint density at radius 3 is 2.70 bits per heavy atom. The van der Waals surface area contributed by atoms with Crippen molar-refractivity contribution in [3.63, 3.8) is 0 Å². The zero-order chi connectivity index (χ0) is 14.5. The van der Waals surface area contributed by atoms with Crippen LogP contribution in [0.3, 0.4) is 0 Å². The van der Waals surface area contributed by atoms with E-state index in [1.54, 1.807) is 0 Å². The third-order valence-corrected chi connectivity index (χ3v) is 4.60. The second-order valence-electron chi connectivity index (χ2n) is 6.64. The van der Waals surface area contributed by atoms with Crippen LogP contribution < -0.4 is 10.2 Å². The third kappa shape index (κ3) is 3.87. The predicted molar refractivity (Wildman–Crippen MR) is 87.4 cm³/mol. The third-order valence-electron chi connectivity index (χ3n) is 4.60. The molecule has 3 nitrogen and oxygen atoms in total. The first-order valence-corrected chi connectivity index (χ1v) is 7.95. The van der Waals surface area contributed by atoms with Gasteiger partial charge in [0.15, 0.2) is 0 Å². The number of hydrogen-bond donors (Lipinski definition) is 1. The van der Waals surface area contributed by atoms with Gasteiger partial charge in [-0.3, -0.25) is 4.98 Å². The van der Waals surface area contributed by atoms with E-state index in [1.807, 2.05) is 12.4 Å². The SMILES string of the molecule is CC(C)C1CCCC(Nc2cnccc2N(C)C)CC1. The van der Waals surface area contributed by atoms with E-state index >= 15 is 0 Å². The minimum atomic E-state index is 0.599. The number of anilines is 2. The predicted octanol–water partition coefficient (Wildman–Crippen LogP) is 4.16. The molecule has 1 aliphatic rings. The molecule has 2 unspecified atom stereocenters. The van der Waals surface area contributed by atoms with Crippen LogP contribution in [0.2, 0.25) is 0 Å². The summed E-state index contributed by atoms with van der Waals surface area (Å²) in [5, 5.41) is 3.73. The van der Waals surface area contributed by atoms with E-state index in [-0.39, 0.29) is 0 Å². The number of hydrogen-bond acceptors (Lipinski definition) is 3. The summed E-state index contributed by atoms with van der Waals surface area (Å²) in [5.41, 5.74) is 2.40. The first-order valence-electron chi connectivity index (χ1n) is 7.95. The highest BCUT2D eigenvalue weighted by atomic mass is 15.1. The molecule has 0 saturated heterocycles. The molecule has 0 aromatic carbocycles. The Hall–Kier alpha value is -1.25. The van der Waals surface area contributed by atoms with Crippen LogP contribution in [0, 0.1) is 11.8 Å². The number of rotatable bonds is 4. The van der Waals surface area contributed by atoms with Gasteiger partial charge in [-0.25, -0.2) is 0 Å². The first kappa shape index (κ1) is 15.1. The lowest BCUT2D eigenvalue weighted by Crippen LogP contribution is -2.21. The molecule has 0 spiro atoms. The molecule has 0 radical (unpaired) electrons. The topological polar surface area (TPSA) is 28.2 Å². The molecule has 0 amide bonds. The molecule has 3 heteroatoms. The molecule has 0 aliphatic heterocycles. The largest absolute Gasteiger partial charge is 0.379 e. The van der Waals surface area contributed by atoms with E-state index in [2.05, 4.69) is 49.2 Å². The van der Waals surface area contributed by atoms with E-state index < -0.39 is 0 Å². The minimum absolute atomic E-state index is 0.599. The van der Waals surface area contributed by atoms with Crippen molar-refractivity contribution in [2.75, 3.05) is 24.3 Å². The van der Waals surface area contributed by atoms with Crippen molar-refractivity contribution < 1.29 is 0 Å². The lowest BCUT2D eigenvalue weighted by Gasteiger charge is -2.23. The highest BCUT2D eigenvalue weighted by Crippen LogP contribution is 2.31. The lowest BCUT2D eigenvalue weighted by molar-refractivity contribution is 0.341. The average molecular weight is 275 g/mol. The van der Waals surface area contributed by atoms with Gasteiger partial charge in [-0.2, -0.15) is 0 Å². The van der Waals surface area contributed by atoms with Gasteiger partial charge in [0.25, 0.3) is 0 Å². The Morgan fingerprint density at radius 1 is 1.20 bits per heavy atom. The number of aromatic nitrogens is 1. The minimum Gasteiger partial charge on any atom is -0.379 e. The van der Waals surface area contributed by atoms with Gasteiger partial charge in [-0.1, -0.05) is 26.7 Å². The van der Waals surface area contributed by atoms with Crippen LogP contribution in [0.5, 0.6) is 0 Å². The van der Waals surface area contributed by atoms with Crippen LogP contribution in [-0.4, -0.2) is 25.1 Å². The van der Waals surface area contributed by atoms with Crippen LogP contribution in [0.1, 0.15) is 46.0 Å². The summed E-state index contributed by atoms with van der Waals surface area (Å²) in [4.78, 5) is 6.42. The van der Waals surface area contributed by atoms with Crippen LogP contribution in [0.25, 0.3) is 0 Å². The van der Waals surface area contributed by atoms with Gasteiger partial charge in [-0.05, 0) is 37.2 Å². The Labute approximate surface area is 123 Å². The normalized spacial score (nSPS) is 23.4. The zero-order valence-electron chi connectivity index (χ0n) is 13.4. The number of pyridine rings is 1. The molecule has 1 saturated carbocycles. The summed E-state index contributed by atoms with van der Waals surface area (Å²) in [7, 11) is 4.17. The molecule has 2 atom stereocenters. The maximum atomic E-state index is 4.27. The monoisotopic (exact) mass is 275 g/mol. The van der Waals surface area contributed by atoms with Gasteiger partial charge in [0.1, 0.15) is 0 Å². The molecule has 1 fully saturated rings. The highest BCUT2D eigenvalue weighted by Gasteiger charge is 2.21. The van der Waals surface area contributed by atoms with Gasteiger partial charge < -0.3 is 10.2 Å². The Balaban J connectivity index is 2.00. The summed E-state index contributed by atoms with van der Waals surface area (Å²) in [6.45, 7) is 4.73. The van der Waals surface area contributed by atoms with Gasteiger partial charge in [0.05, 0.1) is 17.6 Å². The van der Waals surface area contributed by atoms with E-state index in [4.69, 9.17) is 0 Å². The molecule has 1 heterocycles. The van der Waals surface area contributed by atoms with E-state index in [9.17, 15) is 0 Å². The lowest BCUT2D eigenvalue weighted by atomic mass is 9.89. The summed E-state index contributed by atoms with van der Waals surface area (Å²) in [6.07, 6.45) is 10.5. The summed E-state index contributed by atoms with van der Waals surface area (Å²) < 4.78 is 0. The second-order valence-corrected chi connectivity index (χ2v) is 6.64. The molecule has 1 aromatic rings. The fraction of sp³-hybridized carbons (Fsp3) is 0.706. The molecule has 2 rings (SSSR count). The zero-order valence-corrected chi connectivity index (χ0v) is 13.4. The summed E-state index contributed by atoms with van der Waals surface area (Å²) >= 11 is 0. The van der Waals surface area contributed by atoms with Gasteiger partial charge in [0, 0.05) is 26.3 Å². The van der Waals surface area contributed by atoms with Crippen molar-refractivity contribution in [3.05, 3.63) is 18.5 Å². The first-order chi connectivity index (χ1) is 9.58.